The van der Waals surface area contributed by atoms with Crippen LogP contribution in [-0.4, -0.2) is 11.7 Å². The van der Waals surface area contributed by atoms with E-state index >= 15 is 0 Å². The zero-order chi connectivity index (χ0) is 15.1. The number of rotatable bonds is 8. The molecular weight excluding hydrogens is 295 g/mol. The monoisotopic (exact) mass is 318 g/mol. The van der Waals surface area contributed by atoms with E-state index in [4.69, 9.17) is 27.9 Å². The number of aliphatic hydroxyl groups is 1. The van der Waals surface area contributed by atoms with E-state index in [-0.39, 0.29) is 5.92 Å². The van der Waals surface area contributed by atoms with E-state index in [9.17, 15) is 5.11 Å². The van der Waals surface area contributed by atoms with Crippen molar-refractivity contribution in [3.05, 3.63) is 27.7 Å². The highest BCUT2D eigenvalue weighted by molar-refractivity contribution is 6.34. The summed E-state index contributed by atoms with van der Waals surface area (Å²) in [4.78, 5) is 0. The fourth-order valence-electron chi connectivity index (χ4n) is 2.34. The largest absolute Gasteiger partial charge is 0.492 e. The standard InChI is InChI=1S/C16H24Cl2O2/c1-4-7-8-11(5-2)16(19)12-9-14(18)15(20-6-3)10-13(12)17/h9-11,16,19H,4-8H2,1-3H3. The summed E-state index contributed by atoms with van der Waals surface area (Å²) in [5.41, 5.74) is 0.697. The molecule has 4 heteroatoms. The van der Waals surface area contributed by atoms with Gasteiger partial charge < -0.3 is 9.84 Å². The highest BCUT2D eigenvalue weighted by atomic mass is 35.5. The fraction of sp³-hybridized carbons (Fsp3) is 0.625. The van der Waals surface area contributed by atoms with Gasteiger partial charge in [-0.25, -0.2) is 0 Å². The van der Waals surface area contributed by atoms with Crippen molar-refractivity contribution in [3.63, 3.8) is 0 Å². The lowest BCUT2D eigenvalue weighted by molar-refractivity contribution is 0.0989. The molecule has 1 aromatic rings. The Morgan fingerprint density at radius 1 is 1.15 bits per heavy atom. The molecule has 0 aliphatic rings. The summed E-state index contributed by atoms with van der Waals surface area (Å²) in [7, 11) is 0. The van der Waals surface area contributed by atoms with Crippen LogP contribution in [-0.2, 0) is 0 Å². The summed E-state index contributed by atoms with van der Waals surface area (Å²) in [6.07, 6.45) is 3.57. The van der Waals surface area contributed by atoms with E-state index in [1.54, 1.807) is 12.1 Å². The predicted octanol–water partition coefficient (Wildman–Crippen LogP) is 5.64. The Labute approximate surface area is 132 Å². The molecule has 0 saturated carbocycles. The second-order valence-electron chi connectivity index (χ2n) is 4.99. The molecule has 0 saturated heterocycles. The Morgan fingerprint density at radius 2 is 1.85 bits per heavy atom. The van der Waals surface area contributed by atoms with Crippen molar-refractivity contribution in [2.75, 3.05) is 6.61 Å². The zero-order valence-corrected chi connectivity index (χ0v) is 14.0. The minimum atomic E-state index is -0.577. The molecule has 1 rings (SSSR count). The molecule has 1 N–H and O–H groups in total. The number of halogens is 2. The van der Waals surface area contributed by atoms with Crippen LogP contribution in [0.1, 0.15) is 58.1 Å². The Balaban J connectivity index is 2.96. The molecule has 0 aromatic heterocycles. The quantitative estimate of drug-likeness (QED) is 0.671. The molecule has 2 unspecified atom stereocenters. The maximum absolute atomic E-state index is 10.5. The molecular formula is C16H24Cl2O2. The number of hydrogen-bond acceptors (Lipinski definition) is 2. The first kappa shape index (κ1) is 17.6. The molecule has 0 heterocycles. The second-order valence-corrected chi connectivity index (χ2v) is 5.81. The second kappa shape index (κ2) is 8.76. The fourth-order valence-corrected chi connectivity index (χ4v) is 2.83. The van der Waals surface area contributed by atoms with Gasteiger partial charge in [0.05, 0.1) is 22.8 Å². The van der Waals surface area contributed by atoms with Crippen molar-refractivity contribution in [1.82, 2.24) is 0 Å². The lowest BCUT2D eigenvalue weighted by Gasteiger charge is -2.23. The van der Waals surface area contributed by atoms with E-state index in [1.807, 2.05) is 6.92 Å². The Morgan fingerprint density at radius 3 is 2.40 bits per heavy atom. The van der Waals surface area contributed by atoms with Crippen LogP contribution in [0.5, 0.6) is 5.75 Å². The Bertz CT molecular complexity index is 421. The maximum Gasteiger partial charge on any atom is 0.139 e. The summed E-state index contributed by atoms with van der Waals surface area (Å²) in [6, 6.07) is 3.42. The van der Waals surface area contributed by atoms with Crippen molar-refractivity contribution in [2.24, 2.45) is 5.92 Å². The third-order valence-corrected chi connectivity index (χ3v) is 4.19. The van der Waals surface area contributed by atoms with Crippen LogP contribution in [0.2, 0.25) is 10.0 Å². The zero-order valence-electron chi connectivity index (χ0n) is 12.5. The van der Waals surface area contributed by atoms with Gasteiger partial charge in [0, 0.05) is 11.6 Å². The third kappa shape index (κ3) is 4.54. The van der Waals surface area contributed by atoms with Gasteiger partial charge in [-0.2, -0.15) is 0 Å². The first-order valence-electron chi connectivity index (χ1n) is 7.34. The summed E-state index contributed by atoms with van der Waals surface area (Å²) in [6.45, 7) is 6.67. The van der Waals surface area contributed by atoms with Crippen LogP contribution in [0.15, 0.2) is 12.1 Å². The van der Waals surface area contributed by atoms with E-state index in [2.05, 4.69) is 13.8 Å². The van der Waals surface area contributed by atoms with Crippen LogP contribution in [0.4, 0.5) is 0 Å². The van der Waals surface area contributed by atoms with Gasteiger partial charge in [0.1, 0.15) is 5.75 Å². The van der Waals surface area contributed by atoms with Crippen LogP contribution >= 0.6 is 23.2 Å². The molecule has 0 aliphatic carbocycles. The van der Waals surface area contributed by atoms with Gasteiger partial charge in [-0.05, 0) is 25.3 Å². The van der Waals surface area contributed by atoms with Gasteiger partial charge in [-0.1, -0.05) is 56.3 Å². The molecule has 0 spiro atoms. The van der Waals surface area contributed by atoms with Crippen molar-refractivity contribution >= 4 is 23.2 Å². The molecule has 1 aromatic carbocycles. The van der Waals surface area contributed by atoms with Gasteiger partial charge >= 0.3 is 0 Å². The van der Waals surface area contributed by atoms with Crippen LogP contribution in [0.3, 0.4) is 0 Å². The average Bonchev–Trinajstić information content (AvgIpc) is 2.43. The van der Waals surface area contributed by atoms with Crippen molar-refractivity contribution in [3.8, 4) is 5.75 Å². The Kier molecular flexibility index (Phi) is 7.71. The number of aliphatic hydroxyl groups excluding tert-OH is 1. The lowest BCUT2D eigenvalue weighted by atomic mass is 9.89. The SMILES string of the molecule is CCCCC(CC)C(O)c1cc(Cl)c(OCC)cc1Cl. The predicted molar refractivity (Wildman–Crippen MR) is 85.9 cm³/mol. The minimum Gasteiger partial charge on any atom is -0.492 e. The molecule has 2 atom stereocenters. The number of benzene rings is 1. The number of ether oxygens (including phenoxy) is 1. The van der Waals surface area contributed by atoms with E-state index < -0.39 is 6.10 Å². The van der Waals surface area contributed by atoms with Gasteiger partial charge in [0.25, 0.3) is 0 Å². The van der Waals surface area contributed by atoms with Crippen molar-refractivity contribution < 1.29 is 9.84 Å². The number of unbranched alkanes of at least 4 members (excludes halogenated alkanes) is 1. The summed E-state index contributed by atoms with van der Waals surface area (Å²) in [5, 5.41) is 11.6. The molecule has 0 amide bonds. The molecule has 0 radical (unpaired) electrons. The first-order chi connectivity index (χ1) is 9.54. The molecule has 114 valence electrons. The Hall–Kier alpha value is -0.440. The van der Waals surface area contributed by atoms with Crippen LogP contribution in [0.25, 0.3) is 0 Å². The molecule has 20 heavy (non-hydrogen) atoms. The third-order valence-electron chi connectivity index (χ3n) is 3.57. The highest BCUT2D eigenvalue weighted by Gasteiger charge is 2.22. The topological polar surface area (TPSA) is 29.5 Å². The maximum atomic E-state index is 10.5. The van der Waals surface area contributed by atoms with Gasteiger partial charge in [0.2, 0.25) is 0 Å². The molecule has 2 nitrogen and oxygen atoms in total. The highest BCUT2D eigenvalue weighted by Crippen LogP contribution is 2.38. The average molecular weight is 319 g/mol. The molecule has 0 bridgehead atoms. The van der Waals surface area contributed by atoms with Gasteiger partial charge in [0.15, 0.2) is 0 Å². The van der Waals surface area contributed by atoms with E-state index in [0.717, 1.165) is 25.7 Å². The van der Waals surface area contributed by atoms with E-state index in [0.29, 0.717) is 28.0 Å². The van der Waals surface area contributed by atoms with Gasteiger partial charge in [-0.15, -0.1) is 0 Å². The van der Waals surface area contributed by atoms with Crippen LogP contribution < -0.4 is 4.74 Å². The normalized spacial score (nSPS) is 14.1. The summed E-state index contributed by atoms with van der Waals surface area (Å²) >= 11 is 12.5. The summed E-state index contributed by atoms with van der Waals surface area (Å²) < 4.78 is 5.41. The van der Waals surface area contributed by atoms with E-state index in [1.165, 1.54) is 0 Å². The smallest absolute Gasteiger partial charge is 0.139 e. The van der Waals surface area contributed by atoms with Crippen molar-refractivity contribution in [1.29, 1.82) is 0 Å². The van der Waals surface area contributed by atoms with Gasteiger partial charge in [-0.3, -0.25) is 0 Å². The minimum absolute atomic E-state index is 0.210. The molecule has 0 fully saturated rings. The van der Waals surface area contributed by atoms with Crippen molar-refractivity contribution in [2.45, 2.75) is 52.6 Å². The number of hydrogen-bond donors (Lipinski definition) is 1. The molecule has 0 aliphatic heterocycles. The summed E-state index contributed by atoms with van der Waals surface area (Å²) in [5.74, 6) is 0.776. The van der Waals surface area contributed by atoms with Crippen LogP contribution in [0, 0.1) is 5.92 Å². The first-order valence-corrected chi connectivity index (χ1v) is 8.10. The lowest BCUT2D eigenvalue weighted by Crippen LogP contribution is -2.12.